The Morgan fingerprint density at radius 1 is 1.36 bits per heavy atom. The minimum Gasteiger partial charge on any atom is -0.493 e. The molecule has 6 heteroatoms. The summed E-state index contributed by atoms with van der Waals surface area (Å²) in [5, 5.41) is 3.40. The molecule has 25 heavy (non-hydrogen) atoms. The monoisotopic (exact) mass is 461 g/mol. The number of likely N-dealkylation sites (tertiary alicyclic amines) is 1. The third kappa shape index (κ3) is 7.40. The zero-order chi connectivity index (χ0) is 17.2. The van der Waals surface area contributed by atoms with Gasteiger partial charge in [0.25, 0.3) is 0 Å². The van der Waals surface area contributed by atoms with Crippen molar-refractivity contribution >= 4 is 29.9 Å². The second-order valence-electron chi connectivity index (χ2n) is 6.26. The fourth-order valence-corrected chi connectivity index (χ4v) is 2.97. The lowest BCUT2D eigenvalue weighted by Crippen LogP contribution is -2.40. The van der Waals surface area contributed by atoms with E-state index in [0.29, 0.717) is 12.5 Å². The summed E-state index contributed by atoms with van der Waals surface area (Å²) in [4.78, 5) is 7.10. The smallest absolute Gasteiger partial charge is 0.193 e. The molecule has 1 aromatic rings. The number of nitrogens with one attached hydrogen (secondary N) is 1. The van der Waals surface area contributed by atoms with Crippen molar-refractivity contribution in [2.45, 2.75) is 26.7 Å². The molecule has 0 radical (unpaired) electrons. The van der Waals surface area contributed by atoms with Crippen molar-refractivity contribution in [2.24, 2.45) is 10.9 Å². The molecule has 0 saturated carbocycles. The van der Waals surface area contributed by atoms with Crippen LogP contribution in [-0.2, 0) is 4.74 Å². The summed E-state index contributed by atoms with van der Waals surface area (Å²) >= 11 is 0. The zero-order valence-corrected chi connectivity index (χ0v) is 18.0. The summed E-state index contributed by atoms with van der Waals surface area (Å²) in [6, 6.07) is 8.12. The summed E-state index contributed by atoms with van der Waals surface area (Å²) in [7, 11) is 1.77. The van der Waals surface area contributed by atoms with Crippen molar-refractivity contribution in [3.05, 3.63) is 29.8 Å². The van der Waals surface area contributed by atoms with Gasteiger partial charge < -0.3 is 19.7 Å². The van der Waals surface area contributed by atoms with Crippen molar-refractivity contribution in [3.8, 4) is 5.75 Å². The summed E-state index contributed by atoms with van der Waals surface area (Å²) in [6.45, 7) is 9.46. The lowest BCUT2D eigenvalue weighted by Gasteiger charge is -2.21. The molecular formula is C19H32IN3O2. The maximum atomic E-state index is 5.83. The van der Waals surface area contributed by atoms with Crippen molar-refractivity contribution in [1.29, 1.82) is 0 Å². The average Bonchev–Trinajstić information content (AvgIpc) is 3.04. The van der Waals surface area contributed by atoms with Crippen LogP contribution in [0.3, 0.4) is 0 Å². The highest BCUT2D eigenvalue weighted by Gasteiger charge is 2.24. The molecule has 1 fully saturated rings. The molecule has 0 aromatic heterocycles. The van der Waals surface area contributed by atoms with E-state index in [-0.39, 0.29) is 24.0 Å². The Kier molecular flexibility index (Phi) is 10.9. The first kappa shape index (κ1) is 22.0. The quantitative estimate of drug-likeness (QED) is 0.279. The van der Waals surface area contributed by atoms with Gasteiger partial charge in [-0.3, -0.25) is 4.99 Å². The van der Waals surface area contributed by atoms with E-state index in [4.69, 9.17) is 14.5 Å². The highest BCUT2D eigenvalue weighted by Crippen LogP contribution is 2.17. The fourth-order valence-electron chi connectivity index (χ4n) is 2.97. The van der Waals surface area contributed by atoms with Gasteiger partial charge in [0.05, 0.1) is 13.2 Å². The van der Waals surface area contributed by atoms with Crippen molar-refractivity contribution in [3.63, 3.8) is 0 Å². The molecule has 0 amide bonds. The Morgan fingerprint density at radius 2 is 2.16 bits per heavy atom. The summed E-state index contributed by atoms with van der Waals surface area (Å²) < 4.78 is 11.1. The predicted molar refractivity (Wildman–Crippen MR) is 114 cm³/mol. The van der Waals surface area contributed by atoms with Gasteiger partial charge in [-0.1, -0.05) is 18.2 Å². The molecule has 1 heterocycles. The van der Waals surface area contributed by atoms with Gasteiger partial charge in [0.2, 0.25) is 0 Å². The normalized spacial score (nSPS) is 17.3. The van der Waals surface area contributed by atoms with Crippen molar-refractivity contribution in [1.82, 2.24) is 10.2 Å². The van der Waals surface area contributed by atoms with Crippen LogP contribution >= 0.6 is 24.0 Å². The molecule has 142 valence electrons. The van der Waals surface area contributed by atoms with Gasteiger partial charge in [0.1, 0.15) is 5.75 Å². The second-order valence-corrected chi connectivity index (χ2v) is 6.26. The molecule has 0 aliphatic carbocycles. The van der Waals surface area contributed by atoms with E-state index in [1.807, 2.05) is 18.2 Å². The Bertz CT molecular complexity index is 525. The number of ether oxygens (including phenoxy) is 2. The number of aryl methyl sites for hydroxylation is 1. The van der Waals surface area contributed by atoms with Gasteiger partial charge in [-0.05, 0) is 31.9 Å². The number of methoxy groups -OCH3 is 1. The Labute approximate surface area is 169 Å². The van der Waals surface area contributed by atoms with Gasteiger partial charge in [0, 0.05) is 45.6 Å². The van der Waals surface area contributed by atoms with Crippen LogP contribution in [0.1, 0.15) is 25.3 Å². The van der Waals surface area contributed by atoms with E-state index in [1.54, 1.807) is 7.11 Å². The molecule has 2 rings (SSSR count). The minimum absolute atomic E-state index is 0. The largest absolute Gasteiger partial charge is 0.493 e. The highest BCUT2D eigenvalue weighted by atomic mass is 127. The molecule has 1 aromatic carbocycles. The molecule has 1 unspecified atom stereocenters. The lowest BCUT2D eigenvalue weighted by atomic mass is 10.1. The van der Waals surface area contributed by atoms with E-state index in [0.717, 1.165) is 50.9 Å². The molecule has 1 aliphatic rings. The van der Waals surface area contributed by atoms with Crippen LogP contribution < -0.4 is 10.1 Å². The standard InChI is InChI=1S/C19H31N3O2.HI/c1-4-20-19(22-12-10-17(14-22)15-23-3)21-11-7-13-24-18-9-6-5-8-16(18)2;/h5-6,8-9,17H,4,7,10-15H2,1-3H3,(H,20,21);1H. The first-order chi connectivity index (χ1) is 11.7. The minimum atomic E-state index is 0. The topological polar surface area (TPSA) is 46.1 Å². The fraction of sp³-hybridized carbons (Fsp3) is 0.632. The van der Waals surface area contributed by atoms with Gasteiger partial charge in [-0.2, -0.15) is 0 Å². The van der Waals surface area contributed by atoms with Crippen LogP contribution in [0, 0.1) is 12.8 Å². The summed E-state index contributed by atoms with van der Waals surface area (Å²) in [5.74, 6) is 2.60. The van der Waals surface area contributed by atoms with E-state index in [9.17, 15) is 0 Å². The third-order valence-corrected chi connectivity index (χ3v) is 4.24. The average molecular weight is 461 g/mol. The number of guanidine groups is 1. The molecular weight excluding hydrogens is 429 g/mol. The molecule has 5 nitrogen and oxygen atoms in total. The maximum Gasteiger partial charge on any atom is 0.193 e. The number of para-hydroxylation sites is 1. The van der Waals surface area contributed by atoms with E-state index in [1.165, 1.54) is 12.0 Å². The molecule has 1 saturated heterocycles. The number of hydrogen-bond acceptors (Lipinski definition) is 3. The van der Waals surface area contributed by atoms with Crippen LogP contribution in [-0.4, -0.2) is 57.4 Å². The van der Waals surface area contributed by atoms with Gasteiger partial charge >= 0.3 is 0 Å². The Hall–Kier alpha value is -1.02. The zero-order valence-electron chi connectivity index (χ0n) is 15.7. The SMILES string of the molecule is CCNC(=NCCCOc1ccccc1C)N1CCC(COC)C1.I. The lowest BCUT2D eigenvalue weighted by molar-refractivity contribution is 0.157. The van der Waals surface area contributed by atoms with Gasteiger partial charge in [-0.25, -0.2) is 0 Å². The van der Waals surface area contributed by atoms with Crippen LogP contribution in [0.25, 0.3) is 0 Å². The first-order valence-corrected chi connectivity index (χ1v) is 8.95. The highest BCUT2D eigenvalue weighted by molar-refractivity contribution is 14.0. The van der Waals surface area contributed by atoms with Crippen LogP contribution in [0.15, 0.2) is 29.3 Å². The number of halogens is 1. The predicted octanol–water partition coefficient (Wildman–Crippen LogP) is 3.32. The second kappa shape index (κ2) is 12.4. The van der Waals surface area contributed by atoms with Gasteiger partial charge in [-0.15, -0.1) is 24.0 Å². The number of aliphatic imine (C=N–C) groups is 1. The molecule has 0 bridgehead atoms. The maximum absolute atomic E-state index is 5.83. The molecule has 1 atom stereocenters. The Morgan fingerprint density at radius 3 is 2.88 bits per heavy atom. The number of hydrogen-bond donors (Lipinski definition) is 1. The van der Waals surface area contributed by atoms with E-state index >= 15 is 0 Å². The number of rotatable bonds is 8. The van der Waals surface area contributed by atoms with Crippen LogP contribution in [0.4, 0.5) is 0 Å². The summed E-state index contributed by atoms with van der Waals surface area (Å²) in [5.41, 5.74) is 1.18. The van der Waals surface area contributed by atoms with Crippen molar-refractivity contribution < 1.29 is 9.47 Å². The first-order valence-electron chi connectivity index (χ1n) is 8.95. The molecule has 0 spiro atoms. The summed E-state index contributed by atoms with van der Waals surface area (Å²) in [6.07, 6.45) is 2.09. The van der Waals surface area contributed by atoms with Crippen molar-refractivity contribution in [2.75, 3.05) is 46.5 Å². The molecule has 1 N–H and O–H groups in total. The number of nitrogens with zero attached hydrogens (tertiary/aromatic N) is 2. The van der Waals surface area contributed by atoms with E-state index in [2.05, 4.69) is 30.1 Å². The van der Waals surface area contributed by atoms with Crippen LogP contribution in [0.5, 0.6) is 5.75 Å². The Balaban J connectivity index is 0.00000312. The molecule has 1 aliphatic heterocycles. The van der Waals surface area contributed by atoms with Gasteiger partial charge in [0.15, 0.2) is 5.96 Å². The van der Waals surface area contributed by atoms with E-state index < -0.39 is 0 Å². The number of benzene rings is 1. The van der Waals surface area contributed by atoms with Crippen LogP contribution in [0.2, 0.25) is 0 Å². The third-order valence-electron chi connectivity index (χ3n) is 4.24.